The molecule has 3 aromatic carbocycles. The molecule has 0 saturated carbocycles. The molecule has 2 atom stereocenters. The third kappa shape index (κ3) is 6.58. The molecular formula is C32H32Cl2N2O4. The first-order chi connectivity index (χ1) is 19.2. The van der Waals surface area contributed by atoms with Gasteiger partial charge < -0.3 is 14.8 Å². The molecule has 0 radical (unpaired) electrons. The van der Waals surface area contributed by atoms with Gasteiger partial charge in [-0.2, -0.15) is 0 Å². The molecule has 3 aromatic rings. The molecule has 6 nitrogen and oxygen atoms in total. The summed E-state index contributed by atoms with van der Waals surface area (Å²) in [7, 11) is 3.29. The molecule has 0 bridgehead atoms. The van der Waals surface area contributed by atoms with Gasteiger partial charge in [0, 0.05) is 24.5 Å². The number of nitrogens with zero attached hydrogens (tertiary/aromatic N) is 1. The summed E-state index contributed by atoms with van der Waals surface area (Å²) in [6.45, 7) is 4.67. The zero-order valence-electron chi connectivity index (χ0n) is 22.9. The number of ether oxygens (including phenoxy) is 2. The van der Waals surface area contributed by atoms with Crippen molar-refractivity contribution in [2.75, 3.05) is 20.7 Å². The predicted molar refractivity (Wildman–Crippen MR) is 158 cm³/mol. The third-order valence-electron chi connectivity index (χ3n) is 6.87. The number of allylic oxidation sites excluding steroid dienone is 2. The van der Waals surface area contributed by atoms with E-state index in [2.05, 4.69) is 22.3 Å². The lowest BCUT2D eigenvalue weighted by Gasteiger charge is -2.32. The molecule has 1 aliphatic rings. The van der Waals surface area contributed by atoms with E-state index in [4.69, 9.17) is 32.7 Å². The van der Waals surface area contributed by atoms with Crippen LogP contribution in [0.1, 0.15) is 42.6 Å². The number of carbonyl (C=O) groups is 2. The second kappa shape index (κ2) is 13.2. The number of nitrogens with one attached hydrogen (secondary N) is 1. The van der Waals surface area contributed by atoms with Crippen LogP contribution in [0.4, 0.5) is 0 Å². The van der Waals surface area contributed by atoms with Crippen LogP contribution in [0, 0.1) is 0 Å². The van der Waals surface area contributed by atoms with E-state index in [1.807, 2.05) is 55.6 Å². The van der Waals surface area contributed by atoms with Crippen LogP contribution in [0.2, 0.25) is 10.0 Å². The molecule has 4 rings (SSSR count). The van der Waals surface area contributed by atoms with E-state index in [1.54, 1.807) is 32.0 Å². The SMILES string of the molecule is COC(=O)C1=C(C)NC(C)=C(C(=O)OC(CN(C)Cc2ccccc2)c2ccccc2)C1c1cccc(Cl)c1Cl. The number of dihydropyridines is 1. The Hall–Kier alpha value is -3.58. The first kappa shape index (κ1) is 29.4. The molecule has 8 heteroatoms. The van der Waals surface area contributed by atoms with Gasteiger partial charge >= 0.3 is 11.9 Å². The van der Waals surface area contributed by atoms with Crippen LogP contribution in [-0.2, 0) is 25.6 Å². The van der Waals surface area contributed by atoms with Crippen LogP contribution in [0.5, 0.6) is 0 Å². The molecule has 2 unspecified atom stereocenters. The lowest BCUT2D eigenvalue weighted by Crippen LogP contribution is -2.34. The Balaban J connectivity index is 1.71. The number of methoxy groups -OCH3 is 1. The first-order valence-corrected chi connectivity index (χ1v) is 13.7. The Morgan fingerprint density at radius 1 is 0.875 bits per heavy atom. The third-order valence-corrected chi connectivity index (χ3v) is 7.71. The van der Waals surface area contributed by atoms with Gasteiger partial charge in [0.25, 0.3) is 0 Å². The molecule has 0 saturated heterocycles. The average Bonchev–Trinajstić information content (AvgIpc) is 2.94. The molecule has 1 aliphatic heterocycles. The lowest BCUT2D eigenvalue weighted by atomic mass is 9.80. The highest BCUT2D eigenvalue weighted by molar-refractivity contribution is 6.42. The van der Waals surface area contributed by atoms with Crippen molar-refractivity contribution in [3.05, 3.63) is 128 Å². The maximum atomic E-state index is 14.1. The van der Waals surface area contributed by atoms with Crippen molar-refractivity contribution in [2.45, 2.75) is 32.4 Å². The van der Waals surface area contributed by atoms with E-state index < -0.39 is 24.0 Å². The molecule has 0 aliphatic carbocycles. The van der Waals surface area contributed by atoms with Crippen molar-refractivity contribution >= 4 is 35.1 Å². The number of rotatable bonds is 9. The summed E-state index contributed by atoms with van der Waals surface area (Å²) in [5, 5.41) is 3.74. The second-order valence-corrected chi connectivity index (χ2v) is 10.5. The van der Waals surface area contributed by atoms with E-state index >= 15 is 0 Å². The monoisotopic (exact) mass is 578 g/mol. The molecule has 208 valence electrons. The number of carbonyl (C=O) groups excluding carboxylic acids is 2. The number of hydrogen-bond acceptors (Lipinski definition) is 6. The largest absolute Gasteiger partial charge is 0.466 e. The summed E-state index contributed by atoms with van der Waals surface area (Å²) in [6.07, 6.45) is -0.577. The van der Waals surface area contributed by atoms with Crippen molar-refractivity contribution in [2.24, 2.45) is 0 Å². The van der Waals surface area contributed by atoms with E-state index in [9.17, 15) is 9.59 Å². The van der Waals surface area contributed by atoms with E-state index in [-0.39, 0.29) is 16.2 Å². The van der Waals surface area contributed by atoms with Crippen molar-refractivity contribution < 1.29 is 19.1 Å². The summed E-state index contributed by atoms with van der Waals surface area (Å²) < 4.78 is 11.4. The molecule has 0 fully saturated rings. The fraction of sp³-hybridized carbons (Fsp3) is 0.250. The van der Waals surface area contributed by atoms with Gasteiger partial charge in [-0.05, 0) is 43.7 Å². The molecule has 0 spiro atoms. The van der Waals surface area contributed by atoms with Gasteiger partial charge in [0.05, 0.1) is 34.2 Å². The zero-order valence-corrected chi connectivity index (χ0v) is 24.4. The molecule has 0 amide bonds. The van der Waals surface area contributed by atoms with Gasteiger partial charge in [-0.3, -0.25) is 4.90 Å². The summed E-state index contributed by atoms with van der Waals surface area (Å²) >= 11 is 13.0. The fourth-order valence-electron chi connectivity index (χ4n) is 5.01. The van der Waals surface area contributed by atoms with Crippen LogP contribution >= 0.6 is 23.2 Å². The Morgan fingerprint density at radius 2 is 1.48 bits per heavy atom. The van der Waals surface area contributed by atoms with E-state index in [0.717, 1.165) is 11.1 Å². The zero-order chi connectivity index (χ0) is 28.8. The van der Waals surface area contributed by atoms with Gasteiger partial charge in [0.2, 0.25) is 0 Å². The minimum Gasteiger partial charge on any atom is -0.466 e. The van der Waals surface area contributed by atoms with Crippen LogP contribution in [0.3, 0.4) is 0 Å². The highest BCUT2D eigenvalue weighted by Gasteiger charge is 2.40. The van der Waals surface area contributed by atoms with Crippen molar-refractivity contribution in [1.29, 1.82) is 0 Å². The second-order valence-electron chi connectivity index (χ2n) is 9.76. The number of likely N-dealkylation sites (N-methyl/N-ethyl adjacent to an activating group) is 1. The quantitative estimate of drug-likeness (QED) is 0.281. The Bertz CT molecular complexity index is 1440. The van der Waals surface area contributed by atoms with Crippen molar-refractivity contribution in [3.8, 4) is 0 Å². The Labute approximate surface area is 245 Å². The smallest absolute Gasteiger partial charge is 0.337 e. The number of hydrogen-bond donors (Lipinski definition) is 1. The minimum absolute atomic E-state index is 0.255. The van der Waals surface area contributed by atoms with Gasteiger partial charge in [0.1, 0.15) is 6.10 Å². The number of esters is 2. The Morgan fingerprint density at radius 3 is 2.10 bits per heavy atom. The fourth-order valence-corrected chi connectivity index (χ4v) is 5.43. The summed E-state index contributed by atoms with van der Waals surface area (Å²) in [4.78, 5) is 29.2. The minimum atomic E-state index is -0.842. The number of benzene rings is 3. The van der Waals surface area contributed by atoms with Gasteiger partial charge in [0.15, 0.2) is 0 Å². The Kier molecular flexibility index (Phi) is 9.69. The van der Waals surface area contributed by atoms with Crippen molar-refractivity contribution in [1.82, 2.24) is 10.2 Å². The topological polar surface area (TPSA) is 67.9 Å². The van der Waals surface area contributed by atoms with Gasteiger partial charge in [-0.1, -0.05) is 96.0 Å². The summed E-state index contributed by atoms with van der Waals surface area (Å²) in [6, 6.07) is 24.9. The molecule has 1 N–H and O–H groups in total. The summed E-state index contributed by atoms with van der Waals surface area (Å²) in [5.41, 5.74) is 4.17. The lowest BCUT2D eigenvalue weighted by molar-refractivity contribution is -0.146. The predicted octanol–water partition coefficient (Wildman–Crippen LogP) is 6.82. The average molecular weight is 580 g/mol. The number of halogens is 2. The van der Waals surface area contributed by atoms with E-state index in [0.29, 0.717) is 35.1 Å². The van der Waals surface area contributed by atoms with E-state index in [1.165, 1.54) is 7.11 Å². The van der Waals surface area contributed by atoms with Crippen LogP contribution in [-0.4, -0.2) is 37.5 Å². The van der Waals surface area contributed by atoms with Crippen LogP contribution in [0.25, 0.3) is 0 Å². The first-order valence-electron chi connectivity index (χ1n) is 12.9. The molecular weight excluding hydrogens is 547 g/mol. The highest BCUT2D eigenvalue weighted by atomic mass is 35.5. The maximum Gasteiger partial charge on any atom is 0.337 e. The summed E-state index contributed by atoms with van der Waals surface area (Å²) in [5.74, 6) is -1.99. The molecule has 1 heterocycles. The highest BCUT2D eigenvalue weighted by Crippen LogP contribution is 2.44. The van der Waals surface area contributed by atoms with Gasteiger partial charge in [-0.25, -0.2) is 9.59 Å². The molecule has 0 aromatic heterocycles. The van der Waals surface area contributed by atoms with Gasteiger partial charge in [-0.15, -0.1) is 0 Å². The normalized spacial score (nSPS) is 16.0. The molecule has 40 heavy (non-hydrogen) atoms. The standard InChI is InChI=1S/C32H32Cl2N2O4/c1-20-27(31(37)39-4)29(24-16-11-17-25(33)30(24)34)28(21(2)35-20)32(38)40-26(23-14-9-6-10-15-23)19-36(3)18-22-12-7-5-8-13-22/h5-17,26,29,35H,18-19H2,1-4H3. The van der Waals surface area contributed by atoms with Crippen LogP contribution < -0.4 is 5.32 Å². The maximum absolute atomic E-state index is 14.1. The van der Waals surface area contributed by atoms with Crippen LogP contribution in [0.15, 0.2) is 101 Å². The van der Waals surface area contributed by atoms with Crippen molar-refractivity contribution in [3.63, 3.8) is 0 Å².